The molecular formula is C18H18BrF4NO. The Balaban J connectivity index is 2.52. The standard InChI is InChI=1S/C18H18BrF4NO/c1-2-3-8-25-17-15(9-12(6-7-19)11-24-17)14-10-13(18(21,22)23)4-5-16(14)20/h4-5,9-11H,2-3,6-8H2,1H3. The predicted octanol–water partition coefficient (Wildman–Crippen LogP) is 6.02. The summed E-state index contributed by atoms with van der Waals surface area (Å²) < 4.78 is 58.8. The molecule has 0 atom stereocenters. The van der Waals surface area contributed by atoms with E-state index in [9.17, 15) is 17.6 Å². The van der Waals surface area contributed by atoms with Gasteiger partial charge in [0.15, 0.2) is 0 Å². The number of ether oxygens (including phenoxy) is 1. The largest absolute Gasteiger partial charge is 0.477 e. The molecule has 136 valence electrons. The van der Waals surface area contributed by atoms with E-state index in [2.05, 4.69) is 20.9 Å². The van der Waals surface area contributed by atoms with Crippen LogP contribution in [0, 0.1) is 5.82 Å². The Kier molecular flexibility index (Phi) is 6.81. The lowest BCUT2D eigenvalue weighted by Gasteiger charge is -2.14. The van der Waals surface area contributed by atoms with Crippen LogP contribution >= 0.6 is 15.9 Å². The molecular weight excluding hydrogens is 402 g/mol. The number of pyridine rings is 1. The van der Waals surface area contributed by atoms with E-state index >= 15 is 0 Å². The molecule has 0 aliphatic rings. The van der Waals surface area contributed by atoms with Crippen molar-refractivity contribution in [3.63, 3.8) is 0 Å². The van der Waals surface area contributed by atoms with Crippen LogP contribution in [0.1, 0.15) is 30.9 Å². The van der Waals surface area contributed by atoms with E-state index in [-0.39, 0.29) is 17.0 Å². The summed E-state index contributed by atoms with van der Waals surface area (Å²) in [6.45, 7) is 2.36. The minimum absolute atomic E-state index is 0.144. The molecule has 2 nitrogen and oxygen atoms in total. The van der Waals surface area contributed by atoms with Gasteiger partial charge in [-0.3, -0.25) is 0 Å². The number of halogens is 5. The number of alkyl halides is 4. The highest BCUT2D eigenvalue weighted by atomic mass is 79.9. The van der Waals surface area contributed by atoms with E-state index in [1.54, 1.807) is 12.3 Å². The maximum atomic E-state index is 14.3. The summed E-state index contributed by atoms with van der Waals surface area (Å²) in [6.07, 6.45) is -0.662. The van der Waals surface area contributed by atoms with Crippen molar-refractivity contribution in [3.8, 4) is 17.0 Å². The fourth-order valence-corrected chi connectivity index (χ4v) is 2.73. The van der Waals surface area contributed by atoms with Gasteiger partial charge in [0.25, 0.3) is 0 Å². The summed E-state index contributed by atoms with van der Waals surface area (Å²) in [5.41, 5.74) is -0.0516. The number of unbranched alkanes of at least 4 members (excludes halogenated alkanes) is 1. The molecule has 0 bridgehead atoms. The van der Waals surface area contributed by atoms with E-state index < -0.39 is 17.6 Å². The number of aryl methyl sites for hydroxylation is 1. The van der Waals surface area contributed by atoms with Crippen LogP contribution in [0.5, 0.6) is 5.88 Å². The van der Waals surface area contributed by atoms with Crippen molar-refractivity contribution in [1.82, 2.24) is 4.98 Å². The highest BCUT2D eigenvalue weighted by Gasteiger charge is 2.31. The first kappa shape index (κ1) is 19.7. The second kappa shape index (κ2) is 8.65. The van der Waals surface area contributed by atoms with Gasteiger partial charge in [0.1, 0.15) is 5.82 Å². The van der Waals surface area contributed by atoms with Gasteiger partial charge in [-0.15, -0.1) is 0 Å². The van der Waals surface area contributed by atoms with Gasteiger partial charge in [-0.05, 0) is 42.7 Å². The third kappa shape index (κ3) is 5.17. The molecule has 0 fully saturated rings. The third-order valence-corrected chi connectivity index (χ3v) is 4.01. The number of benzene rings is 1. The lowest BCUT2D eigenvalue weighted by molar-refractivity contribution is -0.137. The highest BCUT2D eigenvalue weighted by molar-refractivity contribution is 9.09. The van der Waals surface area contributed by atoms with Gasteiger partial charge in [-0.25, -0.2) is 9.37 Å². The highest BCUT2D eigenvalue weighted by Crippen LogP contribution is 2.36. The molecule has 0 amide bonds. The minimum Gasteiger partial charge on any atom is -0.477 e. The summed E-state index contributed by atoms with van der Waals surface area (Å²) in [5.74, 6) is -0.601. The van der Waals surface area contributed by atoms with Crippen LogP contribution < -0.4 is 4.74 Å². The Hall–Kier alpha value is -1.63. The fourth-order valence-electron chi connectivity index (χ4n) is 2.27. The smallest absolute Gasteiger partial charge is 0.416 e. The van der Waals surface area contributed by atoms with E-state index in [4.69, 9.17) is 4.74 Å². The Morgan fingerprint density at radius 3 is 2.56 bits per heavy atom. The first-order valence-electron chi connectivity index (χ1n) is 7.91. The van der Waals surface area contributed by atoms with Crippen LogP contribution in [-0.4, -0.2) is 16.9 Å². The zero-order valence-electron chi connectivity index (χ0n) is 13.7. The molecule has 0 radical (unpaired) electrons. The van der Waals surface area contributed by atoms with E-state index in [0.29, 0.717) is 18.4 Å². The maximum Gasteiger partial charge on any atom is 0.416 e. The summed E-state index contributed by atoms with van der Waals surface area (Å²) >= 11 is 3.31. The van der Waals surface area contributed by atoms with E-state index in [1.165, 1.54) is 0 Å². The lowest BCUT2D eigenvalue weighted by atomic mass is 10.0. The number of hydrogen-bond acceptors (Lipinski definition) is 2. The molecule has 0 N–H and O–H groups in total. The summed E-state index contributed by atoms with van der Waals surface area (Å²) in [7, 11) is 0. The van der Waals surface area contributed by atoms with Gasteiger partial charge < -0.3 is 4.74 Å². The topological polar surface area (TPSA) is 22.1 Å². The van der Waals surface area contributed by atoms with Crippen molar-refractivity contribution >= 4 is 15.9 Å². The molecule has 1 heterocycles. The first-order chi connectivity index (χ1) is 11.9. The predicted molar refractivity (Wildman–Crippen MR) is 92.5 cm³/mol. The molecule has 0 saturated heterocycles. The Bertz CT molecular complexity index is 719. The molecule has 2 rings (SSSR count). The average molecular weight is 420 g/mol. The molecule has 2 aromatic rings. The Morgan fingerprint density at radius 2 is 1.92 bits per heavy atom. The van der Waals surface area contributed by atoms with Crippen LogP contribution in [0.2, 0.25) is 0 Å². The van der Waals surface area contributed by atoms with Gasteiger partial charge in [-0.2, -0.15) is 13.2 Å². The Labute approximate surface area is 152 Å². The van der Waals surface area contributed by atoms with Gasteiger partial charge in [-0.1, -0.05) is 29.3 Å². The second-order valence-corrected chi connectivity index (χ2v) is 6.32. The zero-order valence-corrected chi connectivity index (χ0v) is 15.3. The monoisotopic (exact) mass is 419 g/mol. The molecule has 0 unspecified atom stereocenters. The van der Waals surface area contributed by atoms with Gasteiger partial charge >= 0.3 is 6.18 Å². The fraction of sp³-hybridized carbons (Fsp3) is 0.389. The van der Waals surface area contributed by atoms with Gasteiger partial charge in [0.05, 0.1) is 12.2 Å². The molecule has 0 aliphatic carbocycles. The second-order valence-electron chi connectivity index (χ2n) is 5.53. The summed E-state index contributed by atoms with van der Waals surface area (Å²) in [6, 6.07) is 3.99. The van der Waals surface area contributed by atoms with Crippen molar-refractivity contribution in [2.75, 3.05) is 11.9 Å². The van der Waals surface area contributed by atoms with Crippen LogP contribution in [-0.2, 0) is 12.6 Å². The van der Waals surface area contributed by atoms with Crippen molar-refractivity contribution in [2.45, 2.75) is 32.4 Å². The van der Waals surface area contributed by atoms with E-state index in [1.807, 2.05) is 6.92 Å². The third-order valence-electron chi connectivity index (χ3n) is 3.61. The van der Waals surface area contributed by atoms with Gasteiger partial charge in [0, 0.05) is 22.7 Å². The van der Waals surface area contributed by atoms with Crippen LogP contribution in [0.25, 0.3) is 11.1 Å². The van der Waals surface area contributed by atoms with Crippen LogP contribution in [0.15, 0.2) is 30.5 Å². The molecule has 1 aromatic carbocycles. The molecule has 25 heavy (non-hydrogen) atoms. The van der Waals surface area contributed by atoms with E-state index in [0.717, 1.165) is 36.6 Å². The molecule has 0 saturated carbocycles. The zero-order chi connectivity index (χ0) is 18.4. The normalized spacial score (nSPS) is 11.6. The van der Waals surface area contributed by atoms with Crippen LogP contribution in [0.4, 0.5) is 17.6 Å². The lowest BCUT2D eigenvalue weighted by Crippen LogP contribution is -2.06. The van der Waals surface area contributed by atoms with Crippen molar-refractivity contribution < 1.29 is 22.3 Å². The van der Waals surface area contributed by atoms with Gasteiger partial charge in [0.2, 0.25) is 5.88 Å². The quantitative estimate of drug-likeness (QED) is 0.310. The van der Waals surface area contributed by atoms with Crippen molar-refractivity contribution in [3.05, 3.63) is 47.4 Å². The minimum atomic E-state index is -4.55. The number of rotatable bonds is 7. The van der Waals surface area contributed by atoms with Crippen molar-refractivity contribution in [2.24, 2.45) is 0 Å². The van der Waals surface area contributed by atoms with Crippen LogP contribution in [0.3, 0.4) is 0 Å². The number of aromatic nitrogens is 1. The molecule has 0 aliphatic heterocycles. The molecule has 0 spiro atoms. The number of nitrogens with zero attached hydrogens (tertiary/aromatic N) is 1. The Morgan fingerprint density at radius 1 is 1.16 bits per heavy atom. The molecule has 1 aromatic heterocycles. The maximum absolute atomic E-state index is 14.3. The molecule has 7 heteroatoms. The number of hydrogen-bond donors (Lipinski definition) is 0. The average Bonchev–Trinajstić information content (AvgIpc) is 2.56. The summed E-state index contributed by atoms with van der Waals surface area (Å²) in [4.78, 5) is 4.19. The first-order valence-corrected chi connectivity index (χ1v) is 9.03. The van der Waals surface area contributed by atoms with Crippen molar-refractivity contribution in [1.29, 1.82) is 0 Å². The summed E-state index contributed by atoms with van der Waals surface area (Å²) in [5, 5.41) is 0.662. The SMILES string of the molecule is CCCCOc1ncc(CCBr)cc1-c1cc(C(F)(F)F)ccc1F.